The van der Waals surface area contributed by atoms with Gasteiger partial charge >= 0.3 is 0 Å². The summed E-state index contributed by atoms with van der Waals surface area (Å²) in [6.45, 7) is 0.581. The number of nitrogens with zero attached hydrogens (tertiary/aromatic N) is 4. The van der Waals surface area contributed by atoms with E-state index in [1.807, 2.05) is 24.3 Å². The number of nitrogens with one attached hydrogen (secondary N) is 1. The molecule has 130 valence electrons. The molecule has 1 fully saturated rings. The molecule has 1 N–H and O–H groups in total. The lowest BCUT2D eigenvalue weighted by atomic mass is 9.66. The van der Waals surface area contributed by atoms with Crippen LogP contribution in [0.4, 0.5) is 10.2 Å². The number of hydrogen-bond acceptors (Lipinski definition) is 5. The number of pyridine rings is 1. The van der Waals surface area contributed by atoms with Crippen LogP contribution >= 0.6 is 0 Å². The Balaban J connectivity index is 1.44. The molecule has 2 heterocycles. The zero-order chi connectivity index (χ0) is 18.0. The standard InChI is InChI=1S/C20H18FN5/c21-16-3-1-10-23-19(16)20(8-2-9-20)13-24-18-7-6-17(25-26-18)15-5-4-14(11-15)12-22/h1,3-7,10H,2,8-9,11,13H2,(H,24,26). The molecule has 1 saturated carbocycles. The van der Waals surface area contributed by atoms with Crippen LogP contribution in [0, 0.1) is 17.1 Å². The molecule has 2 aromatic heterocycles. The van der Waals surface area contributed by atoms with Gasteiger partial charge in [0.05, 0.1) is 17.5 Å². The van der Waals surface area contributed by atoms with Crippen molar-refractivity contribution in [2.24, 2.45) is 0 Å². The van der Waals surface area contributed by atoms with E-state index in [9.17, 15) is 4.39 Å². The molecule has 4 rings (SSSR count). The van der Waals surface area contributed by atoms with Gasteiger partial charge in [-0.3, -0.25) is 4.98 Å². The predicted octanol–water partition coefficient (Wildman–Crippen LogP) is 3.78. The van der Waals surface area contributed by atoms with Crippen molar-refractivity contribution in [1.82, 2.24) is 15.2 Å². The molecule has 26 heavy (non-hydrogen) atoms. The van der Waals surface area contributed by atoms with Gasteiger partial charge in [-0.25, -0.2) is 4.39 Å². The van der Waals surface area contributed by atoms with Gasteiger partial charge < -0.3 is 5.32 Å². The lowest BCUT2D eigenvalue weighted by molar-refractivity contribution is 0.243. The average Bonchev–Trinajstić information content (AvgIpc) is 3.12. The highest BCUT2D eigenvalue weighted by molar-refractivity contribution is 5.71. The molecule has 0 unspecified atom stereocenters. The highest BCUT2D eigenvalue weighted by Crippen LogP contribution is 2.43. The first-order chi connectivity index (χ1) is 12.7. The van der Waals surface area contributed by atoms with Crippen LogP contribution in [0.25, 0.3) is 5.57 Å². The predicted molar refractivity (Wildman–Crippen MR) is 96.5 cm³/mol. The third-order valence-corrected chi connectivity index (χ3v) is 5.18. The van der Waals surface area contributed by atoms with E-state index in [4.69, 9.17) is 5.26 Å². The summed E-state index contributed by atoms with van der Waals surface area (Å²) in [5, 5.41) is 20.7. The van der Waals surface area contributed by atoms with Crippen LogP contribution < -0.4 is 5.32 Å². The minimum atomic E-state index is -0.273. The average molecular weight is 347 g/mol. The maximum absolute atomic E-state index is 14.2. The maximum Gasteiger partial charge on any atom is 0.148 e. The Morgan fingerprint density at radius 3 is 2.69 bits per heavy atom. The van der Waals surface area contributed by atoms with Crippen LogP contribution in [-0.4, -0.2) is 21.7 Å². The van der Waals surface area contributed by atoms with Crippen LogP contribution in [-0.2, 0) is 5.41 Å². The molecule has 2 aliphatic rings. The molecular weight excluding hydrogens is 329 g/mol. The molecule has 0 atom stereocenters. The zero-order valence-corrected chi connectivity index (χ0v) is 14.2. The van der Waals surface area contributed by atoms with Crippen LogP contribution in [0.1, 0.15) is 37.1 Å². The third kappa shape index (κ3) is 2.97. The molecule has 0 saturated heterocycles. The second kappa shape index (κ2) is 6.68. The fraction of sp³-hybridized carbons (Fsp3) is 0.300. The topological polar surface area (TPSA) is 74.5 Å². The Kier molecular flexibility index (Phi) is 4.21. The van der Waals surface area contributed by atoms with Gasteiger partial charge in [0.2, 0.25) is 0 Å². The molecule has 0 radical (unpaired) electrons. The fourth-order valence-corrected chi connectivity index (χ4v) is 3.51. The number of aromatic nitrogens is 3. The summed E-state index contributed by atoms with van der Waals surface area (Å²) >= 11 is 0. The van der Waals surface area contributed by atoms with E-state index in [1.165, 1.54) is 6.07 Å². The number of nitriles is 1. The normalized spacial score (nSPS) is 17.7. The van der Waals surface area contributed by atoms with Crippen molar-refractivity contribution in [2.75, 3.05) is 11.9 Å². The number of anilines is 1. The zero-order valence-electron chi connectivity index (χ0n) is 14.2. The monoisotopic (exact) mass is 347 g/mol. The Bertz CT molecular complexity index is 920. The second-order valence-electron chi connectivity index (χ2n) is 6.80. The first-order valence-corrected chi connectivity index (χ1v) is 8.69. The second-order valence-corrected chi connectivity index (χ2v) is 6.80. The van der Waals surface area contributed by atoms with Gasteiger partial charge in [0, 0.05) is 30.2 Å². The summed E-state index contributed by atoms with van der Waals surface area (Å²) in [5.74, 6) is 0.410. The van der Waals surface area contributed by atoms with Gasteiger partial charge in [-0.2, -0.15) is 5.26 Å². The molecule has 0 aliphatic heterocycles. The molecule has 0 spiro atoms. The number of rotatable bonds is 5. The highest BCUT2D eigenvalue weighted by Gasteiger charge is 2.41. The van der Waals surface area contributed by atoms with E-state index in [-0.39, 0.29) is 11.2 Å². The number of halogens is 1. The molecular formula is C20H18FN5. The molecule has 6 heteroatoms. The first-order valence-electron chi connectivity index (χ1n) is 8.69. The van der Waals surface area contributed by atoms with Crippen LogP contribution in [0.2, 0.25) is 0 Å². The van der Waals surface area contributed by atoms with Gasteiger partial charge in [-0.1, -0.05) is 12.5 Å². The van der Waals surface area contributed by atoms with E-state index in [0.29, 0.717) is 24.5 Å². The van der Waals surface area contributed by atoms with E-state index < -0.39 is 0 Å². The van der Waals surface area contributed by atoms with E-state index in [2.05, 4.69) is 26.6 Å². The van der Waals surface area contributed by atoms with Gasteiger partial charge in [-0.15, -0.1) is 10.2 Å². The van der Waals surface area contributed by atoms with Gasteiger partial charge in [-0.05, 0) is 48.8 Å². The Hall–Kier alpha value is -3.07. The van der Waals surface area contributed by atoms with Gasteiger partial charge in [0.25, 0.3) is 0 Å². The maximum atomic E-state index is 14.2. The SMILES string of the molecule is N#CC1=CC=C(c2ccc(NCC3(c4ncccc4F)CCC3)nn2)C1. The van der Waals surface area contributed by atoms with Gasteiger partial charge in [0.15, 0.2) is 0 Å². The number of hydrogen-bond donors (Lipinski definition) is 1. The summed E-state index contributed by atoms with van der Waals surface area (Å²) < 4.78 is 14.2. The number of allylic oxidation sites excluding steroid dienone is 4. The van der Waals surface area contributed by atoms with Crippen molar-refractivity contribution in [2.45, 2.75) is 31.1 Å². The lowest BCUT2D eigenvalue weighted by Gasteiger charge is -2.41. The summed E-state index contributed by atoms with van der Waals surface area (Å²) in [4.78, 5) is 4.28. The minimum Gasteiger partial charge on any atom is -0.368 e. The Morgan fingerprint density at radius 2 is 2.08 bits per heavy atom. The van der Waals surface area contributed by atoms with Crippen LogP contribution in [0.15, 0.2) is 48.2 Å². The van der Waals surface area contributed by atoms with E-state index in [1.54, 1.807) is 12.3 Å². The minimum absolute atomic E-state index is 0.246. The molecule has 0 aromatic carbocycles. The van der Waals surface area contributed by atoms with Crippen LogP contribution in [0.5, 0.6) is 0 Å². The van der Waals surface area contributed by atoms with Crippen molar-refractivity contribution >= 4 is 11.4 Å². The quantitative estimate of drug-likeness (QED) is 0.891. The third-order valence-electron chi connectivity index (χ3n) is 5.18. The van der Waals surface area contributed by atoms with Crippen molar-refractivity contribution in [1.29, 1.82) is 5.26 Å². The van der Waals surface area contributed by atoms with Gasteiger partial charge in [0.1, 0.15) is 11.6 Å². The molecule has 5 nitrogen and oxygen atoms in total. The molecule has 0 amide bonds. The molecule has 2 aliphatic carbocycles. The van der Waals surface area contributed by atoms with E-state index in [0.717, 1.165) is 36.1 Å². The summed E-state index contributed by atoms with van der Waals surface area (Å²) in [5.41, 5.74) is 2.76. The van der Waals surface area contributed by atoms with Crippen molar-refractivity contribution in [3.05, 3.63) is 65.4 Å². The van der Waals surface area contributed by atoms with Crippen molar-refractivity contribution in [3.63, 3.8) is 0 Å². The molecule has 2 aromatic rings. The largest absolute Gasteiger partial charge is 0.368 e. The summed E-state index contributed by atoms with van der Waals surface area (Å²) in [7, 11) is 0. The van der Waals surface area contributed by atoms with E-state index >= 15 is 0 Å². The van der Waals surface area contributed by atoms with Crippen molar-refractivity contribution < 1.29 is 4.39 Å². The Morgan fingerprint density at radius 1 is 1.19 bits per heavy atom. The van der Waals surface area contributed by atoms with Crippen LogP contribution in [0.3, 0.4) is 0 Å². The highest BCUT2D eigenvalue weighted by atomic mass is 19.1. The fourth-order valence-electron chi connectivity index (χ4n) is 3.51. The lowest BCUT2D eigenvalue weighted by Crippen LogP contribution is -2.42. The smallest absolute Gasteiger partial charge is 0.148 e. The Labute approximate surface area is 151 Å². The first kappa shape index (κ1) is 16.4. The summed E-state index contributed by atoms with van der Waals surface area (Å²) in [6, 6.07) is 9.01. The van der Waals surface area contributed by atoms with Crippen molar-refractivity contribution in [3.8, 4) is 6.07 Å². The molecule has 0 bridgehead atoms. The summed E-state index contributed by atoms with van der Waals surface area (Å²) in [6.07, 6.45) is 8.86.